The van der Waals surface area contributed by atoms with Gasteiger partial charge in [-0.25, -0.2) is 4.79 Å². The number of hydrogen-bond acceptors (Lipinski definition) is 2. The minimum Gasteiger partial charge on any atom is -0.505 e. The van der Waals surface area contributed by atoms with Crippen LogP contribution in [0, 0.1) is 0 Å². The van der Waals surface area contributed by atoms with Crippen molar-refractivity contribution in [3.63, 3.8) is 0 Å². The summed E-state index contributed by atoms with van der Waals surface area (Å²) in [6.07, 6.45) is 0. The third-order valence-electron chi connectivity index (χ3n) is 4.86. The van der Waals surface area contributed by atoms with E-state index in [2.05, 4.69) is 15.9 Å². The molecule has 0 radical (unpaired) electrons. The summed E-state index contributed by atoms with van der Waals surface area (Å²) in [7, 11) is 0. The molecule has 0 saturated heterocycles. The van der Waals surface area contributed by atoms with Gasteiger partial charge < -0.3 is 10.8 Å². The number of urea groups is 1. The number of halogens is 1. The van der Waals surface area contributed by atoms with Gasteiger partial charge in [0.25, 0.3) is 0 Å². The maximum atomic E-state index is 12.4. The second-order valence-electron chi connectivity index (χ2n) is 6.71. The molecule has 0 unspecified atom stereocenters. The first kappa shape index (κ1) is 19.7. The molecular formula is C25H19BrN2O2. The molecule has 30 heavy (non-hydrogen) atoms. The molecule has 4 aromatic rings. The number of rotatable bonds is 4. The van der Waals surface area contributed by atoms with E-state index in [1.807, 2.05) is 84.9 Å². The number of primary amides is 1. The third kappa shape index (κ3) is 3.67. The second kappa shape index (κ2) is 8.43. The van der Waals surface area contributed by atoms with Gasteiger partial charge in [-0.3, -0.25) is 4.90 Å². The monoisotopic (exact) mass is 458 g/mol. The number of benzene rings is 4. The number of aromatic hydroxyl groups is 1. The van der Waals surface area contributed by atoms with Crippen molar-refractivity contribution in [2.24, 2.45) is 5.73 Å². The van der Waals surface area contributed by atoms with Gasteiger partial charge in [0.05, 0.1) is 11.4 Å². The minimum atomic E-state index is -0.691. The summed E-state index contributed by atoms with van der Waals surface area (Å²) in [6.45, 7) is 0. The summed E-state index contributed by atoms with van der Waals surface area (Å²) < 4.78 is 0.691. The van der Waals surface area contributed by atoms with Crippen LogP contribution in [0.2, 0.25) is 0 Å². The molecule has 0 bridgehead atoms. The van der Waals surface area contributed by atoms with E-state index in [9.17, 15) is 9.90 Å². The summed E-state index contributed by atoms with van der Waals surface area (Å²) >= 11 is 3.47. The van der Waals surface area contributed by atoms with Crippen molar-refractivity contribution < 1.29 is 9.90 Å². The Bertz CT molecular complexity index is 1190. The van der Waals surface area contributed by atoms with Crippen LogP contribution in [-0.4, -0.2) is 11.1 Å². The number of phenols is 1. The highest BCUT2D eigenvalue weighted by Crippen LogP contribution is 2.46. The van der Waals surface area contributed by atoms with E-state index in [0.717, 1.165) is 16.7 Å². The lowest BCUT2D eigenvalue weighted by atomic mass is 9.92. The Kier molecular flexibility index (Phi) is 5.55. The predicted octanol–water partition coefficient (Wildman–Crippen LogP) is 6.71. The molecule has 2 amide bonds. The van der Waals surface area contributed by atoms with Gasteiger partial charge in [0, 0.05) is 10.0 Å². The first-order valence-electron chi connectivity index (χ1n) is 9.39. The van der Waals surface area contributed by atoms with Crippen LogP contribution in [0.1, 0.15) is 0 Å². The number of carbonyl (C=O) groups excluding carboxylic acids is 1. The second-order valence-corrected chi connectivity index (χ2v) is 7.57. The maximum absolute atomic E-state index is 12.4. The highest BCUT2D eigenvalue weighted by Gasteiger charge is 2.24. The molecule has 5 heteroatoms. The smallest absolute Gasteiger partial charge is 0.324 e. The van der Waals surface area contributed by atoms with Gasteiger partial charge in [0.15, 0.2) is 0 Å². The normalized spacial score (nSPS) is 10.6. The van der Waals surface area contributed by atoms with Gasteiger partial charge >= 0.3 is 6.03 Å². The summed E-state index contributed by atoms with van der Waals surface area (Å²) in [5.41, 5.74) is 9.89. The van der Waals surface area contributed by atoms with Crippen molar-refractivity contribution in [3.05, 3.63) is 102 Å². The molecular weight excluding hydrogens is 440 g/mol. The van der Waals surface area contributed by atoms with Crippen molar-refractivity contribution in [2.45, 2.75) is 0 Å². The zero-order valence-electron chi connectivity index (χ0n) is 16.0. The van der Waals surface area contributed by atoms with Gasteiger partial charge in [-0.2, -0.15) is 0 Å². The molecule has 0 atom stereocenters. The molecule has 0 saturated carbocycles. The summed E-state index contributed by atoms with van der Waals surface area (Å²) in [6, 6.07) is 29.6. The topological polar surface area (TPSA) is 66.6 Å². The van der Waals surface area contributed by atoms with Gasteiger partial charge in [-0.05, 0) is 50.8 Å². The third-order valence-corrected chi connectivity index (χ3v) is 5.53. The summed E-state index contributed by atoms with van der Waals surface area (Å²) in [5.74, 6) is -0.0166. The molecule has 0 fully saturated rings. The van der Waals surface area contributed by atoms with Crippen LogP contribution in [0.25, 0.3) is 22.3 Å². The standard InChI is InChI=1S/C25H19BrN2O2/c26-20-13-7-8-14-21(20)28(25(27)30)22-16-15-19(17-9-3-1-4-10-17)23(24(22)29)18-11-5-2-6-12-18/h1-16,29H,(H2,27,30). The van der Waals surface area contributed by atoms with Gasteiger partial charge in [0.2, 0.25) is 0 Å². The van der Waals surface area contributed by atoms with E-state index < -0.39 is 6.03 Å². The van der Waals surface area contributed by atoms with Gasteiger partial charge in [0.1, 0.15) is 5.75 Å². The van der Waals surface area contributed by atoms with Crippen molar-refractivity contribution in [2.75, 3.05) is 4.90 Å². The molecule has 0 aliphatic rings. The van der Waals surface area contributed by atoms with E-state index in [-0.39, 0.29) is 5.75 Å². The Hall–Kier alpha value is -3.57. The van der Waals surface area contributed by atoms with E-state index in [0.29, 0.717) is 21.4 Å². The lowest BCUT2D eigenvalue weighted by Crippen LogP contribution is -2.31. The largest absolute Gasteiger partial charge is 0.505 e. The van der Waals surface area contributed by atoms with Crippen LogP contribution in [0.4, 0.5) is 16.2 Å². The minimum absolute atomic E-state index is 0.0166. The van der Waals surface area contributed by atoms with E-state index in [1.54, 1.807) is 12.1 Å². The van der Waals surface area contributed by atoms with Crippen LogP contribution < -0.4 is 10.6 Å². The number of nitrogens with zero attached hydrogens (tertiary/aromatic N) is 1. The van der Waals surface area contributed by atoms with Crippen molar-refractivity contribution in [3.8, 4) is 28.0 Å². The van der Waals surface area contributed by atoms with E-state index >= 15 is 0 Å². The Labute approximate surface area is 183 Å². The first-order chi connectivity index (χ1) is 14.6. The quantitative estimate of drug-likeness (QED) is 0.356. The van der Waals surface area contributed by atoms with Crippen molar-refractivity contribution >= 4 is 33.3 Å². The molecule has 4 aromatic carbocycles. The number of hydrogen-bond donors (Lipinski definition) is 2. The predicted molar refractivity (Wildman–Crippen MR) is 125 cm³/mol. The molecule has 0 spiro atoms. The van der Waals surface area contributed by atoms with Gasteiger partial charge in [-0.1, -0.05) is 78.9 Å². The van der Waals surface area contributed by atoms with E-state index in [4.69, 9.17) is 5.73 Å². The molecule has 4 nitrogen and oxygen atoms in total. The molecule has 0 aliphatic heterocycles. The van der Waals surface area contributed by atoms with Gasteiger partial charge in [-0.15, -0.1) is 0 Å². The number of phenolic OH excluding ortho intramolecular Hbond substituents is 1. The fourth-order valence-corrected chi connectivity index (χ4v) is 3.98. The van der Waals surface area contributed by atoms with E-state index in [1.165, 1.54) is 4.90 Å². The highest BCUT2D eigenvalue weighted by molar-refractivity contribution is 9.10. The Morgan fingerprint density at radius 3 is 1.90 bits per heavy atom. The molecule has 148 valence electrons. The number of para-hydroxylation sites is 1. The molecule has 3 N–H and O–H groups in total. The lowest BCUT2D eigenvalue weighted by Gasteiger charge is -2.25. The summed E-state index contributed by atoms with van der Waals surface area (Å²) in [4.78, 5) is 13.7. The zero-order chi connectivity index (χ0) is 21.1. The lowest BCUT2D eigenvalue weighted by molar-refractivity contribution is 0.256. The molecule has 0 heterocycles. The summed E-state index contributed by atoms with van der Waals surface area (Å²) in [5, 5.41) is 11.4. The maximum Gasteiger partial charge on any atom is 0.324 e. The van der Waals surface area contributed by atoms with Crippen LogP contribution >= 0.6 is 15.9 Å². The highest BCUT2D eigenvalue weighted by atomic mass is 79.9. The Balaban J connectivity index is 1.99. The van der Waals surface area contributed by atoms with Crippen LogP contribution in [0.5, 0.6) is 5.75 Å². The Morgan fingerprint density at radius 2 is 1.30 bits per heavy atom. The average Bonchev–Trinajstić information content (AvgIpc) is 2.77. The fourth-order valence-electron chi connectivity index (χ4n) is 3.52. The van der Waals surface area contributed by atoms with Crippen molar-refractivity contribution in [1.29, 1.82) is 0 Å². The Morgan fingerprint density at radius 1 is 0.733 bits per heavy atom. The number of nitrogens with two attached hydrogens (primary N) is 1. The average molecular weight is 459 g/mol. The SMILES string of the molecule is NC(=O)N(c1ccccc1Br)c1ccc(-c2ccccc2)c(-c2ccccc2)c1O. The first-order valence-corrected chi connectivity index (χ1v) is 10.2. The fraction of sp³-hybridized carbons (Fsp3) is 0. The molecule has 4 rings (SSSR count). The van der Waals surface area contributed by atoms with Crippen LogP contribution in [0.15, 0.2) is 102 Å². The van der Waals surface area contributed by atoms with Crippen LogP contribution in [0.3, 0.4) is 0 Å². The molecule has 0 aromatic heterocycles. The number of anilines is 2. The number of amides is 2. The van der Waals surface area contributed by atoms with Crippen LogP contribution in [-0.2, 0) is 0 Å². The zero-order valence-corrected chi connectivity index (χ0v) is 17.6. The van der Waals surface area contributed by atoms with Crippen molar-refractivity contribution in [1.82, 2.24) is 0 Å². The number of carbonyl (C=O) groups is 1. The molecule has 0 aliphatic carbocycles.